The van der Waals surface area contributed by atoms with Crippen LogP contribution >= 0.6 is 35.0 Å². The quantitative estimate of drug-likeness (QED) is 0.871. The van der Waals surface area contributed by atoms with Crippen molar-refractivity contribution in [2.24, 2.45) is 5.92 Å². The van der Waals surface area contributed by atoms with Crippen molar-refractivity contribution in [2.75, 3.05) is 16.8 Å². The van der Waals surface area contributed by atoms with Crippen LogP contribution in [-0.4, -0.2) is 27.4 Å². The number of nitrogens with zero attached hydrogens (tertiary/aromatic N) is 2. The molecule has 0 unspecified atom stereocenters. The van der Waals surface area contributed by atoms with Crippen LogP contribution in [0.2, 0.25) is 10.3 Å². The van der Waals surface area contributed by atoms with Crippen molar-refractivity contribution >= 4 is 46.6 Å². The second-order valence-electron chi connectivity index (χ2n) is 4.14. The fourth-order valence-corrected chi connectivity index (χ4v) is 3.46. The highest BCUT2D eigenvalue weighted by Crippen LogP contribution is 2.28. The molecule has 1 amide bonds. The van der Waals surface area contributed by atoms with Crippen molar-refractivity contribution < 1.29 is 4.79 Å². The Bertz CT molecular complexity index is 418. The summed E-state index contributed by atoms with van der Waals surface area (Å²) in [7, 11) is 0. The molecule has 1 aliphatic rings. The predicted octanol–water partition coefficient (Wildman–Crippen LogP) is 3.26. The summed E-state index contributed by atoms with van der Waals surface area (Å²) in [6.45, 7) is 0. The second kappa shape index (κ2) is 6.59. The molecule has 0 bridgehead atoms. The molecule has 1 N–H and O–H groups in total. The summed E-state index contributed by atoms with van der Waals surface area (Å²) in [6, 6.07) is 0. The molecule has 0 aliphatic carbocycles. The standard InChI is InChI=1S/C11H13Cl2N3OS/c12-10-9(11(13)15-6-14-10)16-8(17)5-7-1-3-18-4-2-7/h6-7H,1-5H2,(H,16,17). The van der Waals surface area contributed by atoms with E-state index in [0.29, 0.717) is 18.0 Å². The monoisotopic (exact) mass is 305 g/mol. The topological polar surface area (TPSA) is 54.9 Å². The largest absolute Gasteiger partial charge is 0.321 e. The Hall–Kier alpha value is -0.520. The molecule has 2 heterocycles. The van der Waals surface area contributed by atoms with Crippen LogP contribution in [0.1, 0.15) is 19.3 Å². The Labute approximate surface area is 120 Å². The van der Waals surface area contributed by atoms with Crippen molar-refractivity contribution in [3.8, 4) is 0 Å². The van der Waals surface area contributed by atoms with E-state index in [4.69, 9.17) is 23.2 Å². The number of carbonyl (C=O) groups is 1. The lowest BCUT2D eigenvalue weighted by Gasteiger charge is -2.20. The average molecular weight is 306 g/mol. The number of hydrogen-bond acceptors (Lipinski definition) is 4. The molecule has 0 radical (unpaired) electrons. The van der Waals surface area contributed by atoms with Gasteiger partial charge in [0.25, 0.3) is 0 Å². The van der Waals surface area contributed by atoms with E-state index < -0.39 is 0 Å². The number of thioether (sulfide) groups is 1. The Balaban J connectivity index is 1.94. The maximum absolute atomic E-state index is 11.9. The minimum Gasteiger partial charge on any atom is -0.321 e. The van der Waals surface area contributed by atoms with Crippen LogP contribution in [0.4, 0.5) is 5.69 Å². The zero-order chi connectivity index (χ0) is 13.0. The Morgan fingerprint density at radius 3 is 2.56 bits per heavy atom. The van der Waals surface area contributed by atoms with E-state index in [1.54, 1.807) is 0 Å². The summed E-state index contributed by atoms with van der Waals surface area (Å²) < 4.78 is 0. The molecule has 0 aromatic carbocycles. The third-order valence-corrected chi connectivity index (χ3v) is 4.46. The first-order chi connectivity index (χ1) is 8.66. The van der Waals surface area contributed by atoms with Gasteiger partial charge in [-0.05, 0) is 30.3 Å². The SMILES string of the molecule is O=C(CC1CCSCC1)Nc1c(Cl)ncnc1Cl. The molecule has 2 rings (SSSR count). The number of rotatable bonds is 3. The molecular formula is C11H13Cl2N3OS. The van der Waals surface area contributed by atoms with Crippen LogP contribution in [-0.2, 0) is 4.79 Å². The maximum Gasteiger partial charge on any atom is 0.224 e. The number of carbonyl (C=O) groups excluding carboxylic acids is 1. The number of hydrogen-bond donors (Lipinski definition) is 1. The smallest absolute Gasteiger partial charge is 0.224 e. The molecular weight excluding hydrogens is 293 g/mol. The van der Waals surface area contributed by atoms with Gasteiger partial charge in [0.05, 0.1) is 0 Å². The van der Waals surface area contributed by atoms with Gasteiger partial charge in [-0.15, -0.1) is 0 Å². The van der Waals surface area contributed by atoms with Crippen molar-refractivity contribution in [3.63, 3.8) is 0 Å². The number of halogens is 2. The van der Waals surface area contributed by atoms with Crippen molar-refractivity contribution in [1.29, 1.82) is 0 Å². The lowest BCUT2D eigenvalue weighted by molar-refractivity contribution is -0.117. The first-order valence-corrected chi connectivity index (χ1v) is 7.61. The van der Waals surface area contributed by atoms with E-state index in [1.165, 1.54) is 6.33 Å². The van der Waals surface area contributed by atoms with Crippen LogP contribution in [0.3, 0.4) is 0 Å². The van der Waals surface area contributed by atoms with Gasteiger partial charge in [0.2, 0.25) is 5.91 Å². The van der Waals surface area contributed by atoms with Gasteiger partial charge in [-0.1, -0.05) is 23.2 Å². The Morgan fingerprint density at radius 2 is 1.94 bits per heavy atom. The van der Waals surface area contributed by atoms with Crippen LogP contribution in [0.25, 0.3) is 0 Å². The molecule has 7 heteroatoms. The van der Waals surface area contributed by atoms with Crippen LogP contribution < -0.4 is 5.32 Å². The molecule has 1 aliphatic heterocycles. The third kappa shape index (κ3) is 3.73. The lowest BCUT2D eigenvalue weighted by atomic mass is 9.98. The highest BCUT2D eigenvalue weighted by molar-refractivity contribution is 7.99. The highest BCUT2D eigenvalue weighted by Gasteiger charge is 2.19. The van der Waals surface area contributed by atoms with Crippen LogP contribution in [0.5, 0.6) is 0 Å². The van der Waals surface area contributed by atoms with Gasteiger partial charge in [0, 0.05) is 6.42 Å². The second-order valence-corrected chi connectivity index (χ2v) is 6.08. The molecule has 0 spiro atoms. The normalized spacial score (nSPS) is 16.6. The molecule has 0 saturated carbocycles. The van der Waals surface area contributed by atoms with E-state index >= 15 is 0 Å². The van der Waals surface area contributed by atoms with Crippen molar-refractivity contribution in [3.05, 3.63) is 16.6 Å². The fourth-order valence-electron chi connectivity index (χ4n) is 1.85. The maximum atomic E-state index is 11.9. The first kappa shape index (κ1) is 13.9. The number of nitrogens with one attached hydrogen (secondary N) is 1. The van der Waals surface area contributed by atoms with Gasteiger partial charge < -0.3 is 5.32 Å². The molecule has 1 saturated heterocycles. The fraction of sp³-hybridized carbons (Fsp3) is 0.545. The zero-order valence-corrected chi connectivity index (χ0v) is 12.0. The van der Waals surface area contributed by atoms with Crippen molar-refractivity contribution in [1.82, 2.24) is 9.97 Å². The molecule has 1 aromatic heterocycles. The predicted molar refractivity (Wildman–Crippen MR) is 75.3 cm³/mol. The summed E-state index contributed by atoms with van der Waals surface area (Å²) in [4.78, 5) is 19.5. The van der Waals surface area contributed by atoms with E-state index in [0.717, 1.165) is 24.3 Å². The summed E-state index contributed by atoms with van der Waals surface area (Å²) in [5.41, 5.74) is 0.302. The summed E-state index contributed by atoms with van der Waals surface area (Å²) in [6.07, 6.45) is 3.94. The summed E-state index contributed by atoms with van der Waals surface area (Å²) in [5, 5.41) is 3.03. The van der Waals surface area contributed by atoms with Gasteiger partial charge in [0.15, 0.2) is 10.3 Å². The summed E-state index contributed by atoms with van der Waals surface area (Å²) in [5.74, 6) is 2.64. The minimum atomic E-state index is -0.0782. The Morgan fingerprint density at radius 1 is 1.33 bits per heavy atom. The molecule has 0 atom stereocenters. The van der Waals surface area contributed by atoms with E-state index in [9.17, 15) is 4.79 Å². The van der Waals surface area contributed by atoms with Crippen molar-refractivity contribution in [2.45, 2.75) is 19.3 Å². The molecule has 98 valence electrons. The van der Waals surface area contributed by atoms with Crippen LogP contribution in [0, 0.1) is 5.92 Å². The first-order valence-electron chi connectivity index (χ1n) is 5.70. The molecule has 1 aromatic rings. The molecule has 1 fully saturated rings. The van der Waals surface area contributed by atoms with Crippen LogP contribution in [0.15, 0.2) is 6.33 Å². The van der Waals surface area contributed by atoms with E-state index in [2.05, 4.69) is 15.3 Å². The zero-order valence-electron chi connectivity index (χ0n) is 9.66. The number of aromatic nitrogens is 2. The molecule has 4 nitrogen and oxygen atoms in total. The molecule has 18 heavy (non-hydrogen) atoms. The number of amides is 1. The van der Waals surface area contributed by atoms with E-state index in [1.807, 2.05) is 11.8 Å². The van der Waals surface area contributed by atoms with Gasteiger partial charge >= 0.3 is 0 Å². The number of anilines is 1. The average Bonchev–Trinajstić information content (AvgIpc) is 2.35. The van der Waals surface area contributed by atoms with Gasteiger partial charge in [-0.25, -0.2) is 9.97 Å². The lowest BCUT2D eigenvalue weighted by Crippen LogP contribution is -2.20. The van der Waals surface area contributed by atoms with Gasteiger partial charge in [0.1, 0.15) is 12.0 Å². The third-order valence-electron chi connectivity index (χ3n) is 2.83. The minimum absolute atomic E-state index is 0.0782. The van der Waals surface area contributed by atoms with Gasteiger partial charge in [-0.3, -0.25) is 4.79 Å². The summed E-state index contributed by atoms with van der Waals surface area (Å²) >= 11 is 13.7. The highest BCUT2D eigenvalue weighted by atomic mass is 35.5. The Kier molecular flexibility index (Phi) is 5.09. The van der Waals surface area contributed by atoms with Gasteiger partial charge in [-0.2, -0.15) is 11.8 Å². The van der Waals surface area contributed by atoms with E-state index in [-0.39, 0.29) is 16.2 Å².